The van der Waals surface area contributed by atoms with Crippen LogP contribution in [0.1, 0.15) is 59.3 Å². The smallest absolute Gasteiger partial charge is 0.211 e. The quantitative estimate of drug-likeness (QED) is 0.645. The molecule has 0 bridgehead atoms. The molecule has 5 atom stereocenters. The fourth-order valence-corrected chi connectivity index (χ4v) is 4.98. The molecule has 2 saturated carbocycles. The fraction of sp³-hybridized carbons (Fsp3) is 1.00. The Morgan fingerprint density at radius 2 is 1.94 bits per heavy atom. The molecule has 2 heteroatoms. The summed E-state index contributed by atoms with van der Waals surface area (Å²) >= 11 is 0. The summed E-state index contributed by atoms with van der Waals surface area (Å²) in [5.74, 6) is 2.32. The van der Waals surface area contributed by atoms with E-state index in [4.69, 9.17) is 0 Å². The molecule has 0 saturated heterocycles. The highest BCUT2D eigenvalue weighted by Crippen LogP contribution is 2.59. The first-order valence-corrected chi connectivity index (χ1v) is 7.23. The van der Waals surface area contributed by atoms with Gasteiger partial charge in [-0.1, -0.05) is 33.6 Å². The third-order valence-corrected chi connectivity index (χ3v) is 5.78. The van der Waals surface area contributed by atoms with E-state index in [1.807, 2.05) is 6.92 Å². The highest BCUT2D eigenvalue weighted by atomic mass is 19.3. The molecular weight excluding hydrogens is 218 g/mol. The molecule has 0 aromatic carbocycles. The monoisotopic (exact) mass is 244 g/mol. The van der Waals surface area contributed by atoms with Gasteiger partial charge in [-0.2, -0.15) is 0 Å². The maximum atomic E-state index is 12.6. The van der Waals surface area contributed by atoms with Crippen LogP contribution in [0.3, 0.4) is 0 Å². The molecule has 0 heterocycles. The first-order chi connectivity index (χ1) is 7.95. The number of rotatable bonds is 3. The molecule has 0 aromatic rings. The third-order valence-electron chi connectivity index (χ3n) is 5.78. The Morgan fingerprint density at radius 1 is 1.24 bits per heavy atom. The van der Waals surface area contributed by atoms with E-state index < -0.39 is 6.43 Å². The van der Waals surface area contributed by atoms with Gasteiger partial charge in [0.25, 0.3) is 0 Å². The molecule has 17 heavy (non-hydrogen) atoms. The largest absolute Gasteiger partial charge is 0.238 e. The lowest BCUT2D eigenvalue weighted by Crippen LogP contribution is -2.38. The zero-order valence-corrected chi connectivity index (χ0v) is 11.4. The Bertz CT molecular complexity index is 264. The van der Waals surface area contributed by atoms with E-state index in [2.05, 4.69) is 13.8 Å². The van der Waals surface area contributed by atoms with Crippen LogP contribution in [0, 0.1) is 29.1 Å². The van der Waals surface area contributed by atoms with Gasteiger partial charge in [-0.05, 0) is 48.3 Å². The maximum absolute atomic E-state index is 12.6. The van der Waals surface area contributed by atoms with E-state index >= 15 is 0 Å². The Hall–Kier alpha value is -0.140. The Morgan fingerprint density at radius 3 is 2.59 bits per heavy atom. The van der Waals surface area contributed by atoms with Crippen molar-refractivity contribution in [3.05, 3.63) is 0 Å². The lowest BCUT2D eigenvalue weighted by Gasteiger charge is -2.46. The second-order valence-corrected chi connectivity index (χ2v) is 6.77. The van der Waals surface area contributed by atoms with Gasteiger partial charge in [0.15, 0.2) is 0 Å². The van der Waals surface area contributed by atoms with Gasteiger partial charge in [-0.15, -0.1) is 0 Å². The van der Waals surface area contributed by atoms with E-state index in [0.29, 0.717) is 11.3 Å². The second kappa shape index (κ2) is 4.85. The minimum absolute atomic E-state index is 0.0986. The van der Waals surface area contributed by atoms with E-state index in [9.17, 15) is 8.78 Å². The average Bonchev–Trinajstić information content (AvgIpc) is 2.55. The normalized spacial score (nSPS) is 43.8. The van der Waals surface area contributed by atoms with Crippen molar-refractivity contribution in [3.8, 4) is 0 Å². The zero-order chi connectivity index (χ0) is 12.6. The van der Waals surface area contributed by atoms with Crippen molar-refractivity contribution in [2.24, 2.45) is 29.1 Å². The van der Waals surface area contributed by atoms with Gasteiger partial charge in [0.05, 0.1) is 0 Å². The Labute approximate surface area is 104 Å². The van der Waals surface area contributed by atoms with E-state index in [1.54, 1.807) is 0 Å². The van der Waals surface area contributed by atoms with Crippen LogP contribution in [0.2, 0.25) is 0 Å². The Balaban J connectivity index is 2.09. The lowest BCUT2D eigenvalue weighted by atomic mass is 9.59. The van der Waals surface area contributed by atoms with Crippen LogP contribution in [0.15, 0.2) is 0 Å². The number of hydrogen-bond acceptors (Lipinski definition) is 0. The summed E-state index contributed by atoms with van der Waals surface area (Å²) in [6.45, 7) is 6.79. The average molecular weight is 244 g/mol. The van der Waals surface area contributed by atoms with Crippen LogP contribution in [-0.2, 0) is 0 Å². The number of halogens is 2. The van der Waals surface area contributed by atoms with Crippen LogP contribution in [0.5, 0.6) is 0 Å². The summed E-state index contributed by atoms with van der Waals surface area (Å²) in [5.41, 5.74) is 0.353. The molecule has 100 valence electrons. The summed E-state index contributed by atoms with van der Waals surface area (Å²) in [7, 11) is 0. The van der Waals surface area contributed by atoms with Crippen molar-refractivity contribution in [3.63, 3.8) is 0 Å². The number of alkyl halides is 2. The van der Waals surface area contributed by atoms with Crippen molar-refractivity contribution < 1.29 is 8.78 Å². The number of hydrogen-bond donors (Lipinski definition) is 0. The first kappa shape index (κ1) is 13.3. The van der Waals surface area contributed by atoms with Gasteiger partial charge in [0.1, 0.15) is 0 Å². The topological polar surface area (TPSA) is 0 Å². The molecule has 0 radical (unpaired) electrons. The second-order valence-electron chi connectivity index (χ2n) is 6.77. The molecule has 0 spiro atoms. The fourth-order valence-electron chi connectivity index (χ4n) is 4.98. The molecule has 2 aliphatic carbocycles. The predicted molar refractivity (Wildman–Crippen MR) is 67.1 cm³/mol. The molecule has 0 N–H and O–H groups in total. The zero-order valence-electron chi connectivity index (χ0n) is 11.4. The molecule has 0 amide bonds. The van der Waals surface area contributed by atoms with Gasteiger partial charge in [-0.25, -0.2) is 8.78 Å². The Kier molecular flexibility index (Phi) is 3.80. The summed E-state index contributed by atoms with van der Waals surface area (Å²) in [6.07, 6.45) is 4.33. The molecule has 2 aliphatic rings. The van der Waals surface area contributed by atoms with Crippen molar-refractivity contribution in [2.75, 3.05) is 0 Å². The van der Waals surface area contributed by atoms with Crippen molar-refractivity contribution in [2.45, 2.75) is 65.7 Å². The summed E-state index contributed by atoms with van der Waals surface area (Å²) < 4.78 is 25.1. The van der Waals surface area contributed by atoms with Crippen molar-refractivity contribution in [1.29, 1.82) is 0 Å². The minimum Gasteiger partial charge on any atom is -0.211 e. The third kappa shape index (κ3) is 2.37. The van der Waals surface area contributed by atoms with E-state index in [-0.39, 0.29) is 12.3 Å². The van der Waals surface area contributed by atoms with Crippen molar-refractivity contribution >= 4 is 0 Å². The van der Waals surface area contributed by atoms with Gasteiger partial charge in [0, 0.05) is 6.42 Å². The standard InChI is InChI=1S/C15H26F2/c1-10-5-4-8-15(3)12(10)6-7-13(15)11(2)9-14(16)17/h10-14H,4-9H2,1-3H3/t10-,11-,12-,13+,15-/m0/s1. The van der Waals surface area contributed by atoms with Crippen molar-refractivity contribution in [1.82, 2.24) is 0 Å². The van der Waals surface area contributed by atoms with E-state index in [0.717, 1.165) is 11.8 Å². The molecular formula is C15H26F2. The maximum Gasteiger partial charge on any atom is 0.238 e. The van der Waals surface area contributed by atoms with Gasteiger partial charge >= 0.3 is 0 Å². The highest BCUT2D eigenvalue weighted by molar-refractivity contribution is 5.00. The van der Waals surface area contributed by atoms with Crippen LogP contribution in [0.25, 0.3) is 0 Å². The molecule has 0 aromatic heterocycles. The molecule has 0 aliphatic heterocycles. The van der Waals surface area contributed by atoms with E-state index in [1.165, 1.54) is 32.1 Å². The van der Waals surface area contributed by atoms with Gasteiger partial charge < -0.3 is 0 Å². The molecule has 0 unspecified atom stereocenters. The molecule has 2 rings (SSSR count). The van der Waals surface area contributed by atoms with Gasteiger partial charge in [0.2, 0.25) is 6.43 Å². The molecule has 2 fully saturated rings. The minimum atomic E-state index is -2.13. The summed E-state index contributed by atoms with van der Waals surface area (Å²) in [6, 6.07) is 0. The lowest BCUT2D eigenvalue weighted by molar-refractivity contribution is 0.0175. The number of fused-ring (bicyclic) bond motifs is 1. The first-order valence-electron chi connectivity index (χ1n) is 7.23. The predicted octanol–water partition coefficient (Wildman–Crippen LogP) is 5.13. The summed E-state index contributed by atoms with van der Waals surface area (Å²) in [5, 5.41) is 0. The van der Waals surface area contributed by atoms with Crippen LogP contribution in [-0.4, -0.2) is 6.43 Å². The SMILES string of the molecule is C[C@@H](CC(F)F)[C@H]1CC[C@H]2[C@@H](C)CCC[C@]12C. The summed E-state index contributed by atoms with van der Waals surface area (Å²) in [4.78, 5) is 0. The van der Waals surface area contributed by atoms with Crippen LogP contribution < -0.4 is 0 Å². The van der Waals surface area contributed by atoms with Gasteiger partial charge in [-0.3, -0.25) is 0 Å². The van der Waals surface area contributed by atoms with Crippen LogP contribution in [0.4, 0.5) is 8.78 Å². The van der Waals surface area contributed by atoms with Crippen LogP contribution >= 0.6 is 0 Å². The molecule has 0 nitrogen and oxygen atoms in total. The highest BCUT2D eigenvalue weighted by Gasteiger charge is 2.51.